The first-order valence-corrected chi connectivity index (χ1v) is 7.30. The van der Waals surface area contributed by atoms with Crippen molar-refractivity contribution in [2.45, 2.75) is 33.1 Å². The van der Waals surface area contributed by atoms with E-state index in [4.69, 9.17) is 5.84 Å². The van der Waals surface area contributed by atoms with Crippen LogP contribution >= 0.6 is 0 Å². The van der Waals surface area contributed by atoms with Crippen molar-refractivity contribution >= 4 is 17.4 Å². The molecule has 2 bridgehead atoms. The molecule has 0 heterocycles. The Kier molecular flexibility index (Phi) is 3.15. The zero-order valence-electron chi connectivity index (χ0n) is 12.5. The standard InChI is InChI=1S/C16H18F2N2O2/c1-15(2)9-6-7-16(15,12(21)8-9)14(22)20(19)13-10(17)4-3-5-11(13)18/h3-5,9H,6-8,19H2,1-2H3. The lowest BCUT2D eigenvalue weighted by Crippen LogP contribution is -2.54. The molecule has 2 unspecified atom stereocenters. The fourth-order valence-electron chi connectivity index (χ4n) is 4.20. The molecule has 3 rings (SSSR count). The molecule has 2 aliphatic carbocycles. The summed E-state index contributed by atoms with van der Waals surface area (Å²) in [5.74, 6) is 3.10. The molecule has 1 aromatic carbocycles. The number of carbonyl (C=O) groups is 2. The minimum atomic E-state index is -1.28. The van der Waals surface area contributed by atoms with Gasteiger partial charge in [0.1, 0.15) is 16.9 Å². The van der Waals surface area contributed by atoms with Crippen LogP contribution in [-0.2, 0) is 9.59 Å². The van der Waals surface area contributed by atoms with E-state index in [1.165, 1.54) is 6.07 Å². The number of rotatable bonds is 2. The van der Waals surface area contributed by atoms with Crippen molar-refractivity contribution in [3.63, 3.8) is 0 Å². The third kappa shape index (κ3) is 1.64. The fraction of sp³-hybridized carbons (Fsp3) is 0.500. The third-order valence-electron chi connectivity index (χ3n) is 5.66. The van der Waals surface area contributed by atoms with Crippen LogP contribution in [0, 0.1) is 28.4 Å². The third-order valence-corrected chi connectivity index (χ3v) is 5.66. The topological polar surface area (TPSA) is 63.4 Å². The summed E-state index contributed by atoms with van der Waals surface area (Å²) in [6.07, 6.45) is 1.45. The number of nitrogens with two attached hydrogens (primary N) is 1. The lowest BCUT2D eigenvalue weighted by atomic mass is 9.68. The Bertz CT molecular complexity index is 654. The van der Waals surface area contributed by atoms with Gasteiger partial charge in [-0.3, -0.25) is 9.59 Å². The predicted molar refractivity (Wildman–Crippen MR) is 76.6 cm³/mol. The minimum absolute atomic E-state index is 0.114. The molecule has 2 N–H and O–H groups in total. The number of benzene rings is 1. The van der Waals surface area contributed by atoms with Gasteiger partial charge in [-0.05, 0) is 36.3 Å². The average Bonchev–Trinajstić information content (AvgIpc) is 2.81. The van der Waals surface area contributed by atoms with Gasteiger partial charge in [0.05, 0.1) is 0 Å². The van der Waals surface area contributed by atoms with Gasteiger partial charge in [0.25, 0.3) is 5.91 Å². The fourth-order valence-corrected chi connectivity index (χ4v) is 4.20. The molecular formula is C16H18F2N2O2. The van der Waals surface area contributed by atoms with Gasteiger partial charge in [0, 0.05) is 6.42 Å². The molecule has 118 valence electrons. The second-order valence-electron chi connectivity index (χ2n) is 6.74. The van der Waals surface area contributed by atoms with Crippen LogP contribution in [0.5, 0.6) is 0 Å². The molecule has 2 fully saturated rings. The number of fused-ring (bicyclic) bond motifs is 2. The van der Waals surface area contributed by atoms with Crippen LogP contribution in [0.4, 0.5) is 14.5 Å². The first-order chi connectivity index (χ1) is 10.2. The second kappa shape index (κ2) is 4.59. The Morgan fingerprint density at radius 3 is 2.36 bits per heavy atom. The summed E-state index contributed by atoms with van der Waals surface area (Å²) in [7, 11) is 0. The van der Waals surface area contributed by atoms with Crippen molar-refractivity contribution in [2.75, 3.05) is 5.01 Å². The van der Waals surface area contributed by atoms with Crippen LogP contribution in [0.25, 0.3) is 0 Å². The summed E-state index contributed by atoms with van der Waals surface area (Å²) < 4.78 is 27.8. The molecule has 0 saturated heterocycles. The number of hydrazine groups is 1. The molecule has 2 aliphatic rings. The van der Waals surface area contributed by atoms with Crippen LogP contribution in [0.15, 0.2) is 18.2 Å². The highest BCUT2D eigenvalue weighted by molar-refractivity contribution is 6.14. The molecule has 0 aromatic heterocycles. The normalized spacial score (nSPS) is 29.0. The maximum Gasteiger partial charge on any atom is 0.255 e. The van der Waals surface area contributed by atoms with Gasteiger partial charge in [-0.1, -0.05) is 19.9 Å². The molecular weight excluding hydrogens is 290 g/mol. The van der Waals surface area contributed by atoms with Gasteiger partial charge in [-0.2, -0.15) is 0 Å². The highest BCUT2D eigenvalue weighted by Crippen LogP contribution is 2.64. The van der Waals surface area contributed by atoms with Gasteiger partial charge in [0.2, 0.25) is 0 Å². The Balaban J connectivity index is 2.06. The molecule has 22 heavy (non-hydrogen) atoms. The van der Waals surface area contributed by atoms with Crippen molar-refractivity contribution in [3.05, 3.63) is 29.8 Å². The van der Waals surface area contributed by atoms with Crippen molar-refractivity contribution in [2.24, 2.45) is 22.6 Å². The van der Waals surface area contributed by atoms with Gasteiger partial charge in [-0.15, -0.1) is 0 Å². The van der Waals surface area contributed by atoms with Gasteiger partial charge in [-0.25, -0.2) is 19.6 Å². The summed E-state index contributed by atoms with van der Waals surface area (Å²) >= 11 is 0. The SMILES string of the molecule is CC1(C)C2CCC1(C(=O)N(N)c1c(F)cccc1F)C(=O)C2. The lowest BCUT2D eigenvalue weighted by Gasteiger charge is -2.37. The number of para-hydroxylation sites is 1. The number of nitrogens with zero attached hydrogens (tertiary/aromatic N) is 1. The van der Waals surface area contributed by atoms with Crippen LogP contribution in [-0.4, -0.2) is 11.7 Å². The van der Waals surface area contributed by atoms with Crippen LogP contribution in [0.2, 0.25) is 0 Å². The summed E-state index contributed by atoms with van der Waals surface area (Å²) in [6.45, 7) is 3.72. The molecule has 0 radical (unpaired) electrons. The lowest BCUT2D eigenvalue weighted by molar-refractivity contribution is -0.143. The first kappa shape index (κ1) is 15.1. The zero-order chi connectivity index (χ0) is 16.3. The number of amides is 1. The predicted octanol–water partition coefficient (Wildman–Crippen LogP) is 2.57. The minimum Gasteiger partial charge on any atom is -0.298 e. The van der Waals surface area contributed by atoms with E-state index in [0.29, 0.717) is 17.9 Å². The Hall–Kier alpha value is -1.82. The molecule has 2 atom stereocenters. The van der Waals surface area contributed by atoms with Crippen molar-refractivity contribution in [3.8, 4) is 0 Å². The Morgan fingerprint density at radius 2 is 1.91 bits per heavy atom. The number of hydrogen-bond donors (Lipinski definition) is 1. The Morgan fingerprint density at radius 1 is 1.32 bits per heavy atom. The van der Waals surface area contributed by atoms with E-state index in [2.05, 4.69) is 0 Å². The number of ketones is 1. The molecule has 1 amide bonds. The van der Waals surface area contributed by atoms with E-state index < -0.39 is 34.1 Å². The van der Waals surface area contributed by atoms with Gasteiger partial charge >= 0.3 is 0 Å². The van der Waals surface area contributed by atoms with E-state index in [1.54, 1.807) is 0 Å². The van der Waals surface area contributed by atoms with Crippen LogP contribution in [0.3, 0.4) is 0 Å². The van der Waals surface area contributed by atoms with E-state index in [9.17, 15) is 18.4 Å². The number of anilines is 1. The van der Waals surface area contributed by atoms with E-state index in [1.807, 2.05) is 13.8 Å². The van der Waals surface area contributed by atoms with Crippen LogP contribution in [0.1, 0.15) is 33.1 Å². The monoisotopic (exact) mass is 308 g/mol. The molecule has 0 spiro atoms. The van der Waals surface area contributed by atoms with E-state index in [-0.39, 0.29) is 11.7 Å². The van der Waals surface area contributed by atoms with Crippen molar-refractivity contribution in [1.29, 1.82) is 0 Å². The molecule has 0 aliphatic heterocycles. The summed E-state index contributed by atoms with van der Waals surface area (Å²) in [6, 6.07) is 3.26. The molecule has 2 saturated carbocycles. The summed E-state index contributed by atoms with van der Waals surface area (Å²) in [5.41, 5.74) is -2.44. The number of halogens is 2. The zero-order valence-corrected chi connectivity index (χ0v) is 12.5. The number of carbonyl (C=O) groups excluding carboxylic acids is 2. The number of hydrogen-bond acceptors (Lipinski definition) is 3. The van der Waals surface area contributed by atoms with Crippen molar-refractivity contribution in [1.82, 2.24) is 0 Å². The highest BCUT2D eigenvalue weighted by Gasteiger charge is 2.69. The largest absolute Gasteiger partial charge is 0.298 e. The smallest absolute Gasteiger partial charge is 0.255 e. The van der Waals surface area contributed by atoms with Gasteiger partial charge in [0.15, 0.2) is 11.6 Å². The number of Topliss-reactive ketones (excluding diaryl/α,β-unsaturated/α-hetero) is 1. The Labute approximate surface area is 127 Å². The van der Waals surface area contributed by atoms with E-state index >= 15 is 0 Å². The average molecular weight is 308 g/mol. The van der Waals surface area contributed by atoms with Gasteiger partial charge < -0.3 is 0 Å². The molecule has 4 nitrogen and oxygen atoms in total. The van der Waals surface area contributed by atoms with Crippen LogP contribution < -0.4 is 10.9 Å². The van der Waals surface area contributed by atoms with Crippen molar-refractivity contribution < 1.29 is 18.4 Å². The summed E-state index contributed by atoms with van der Waals surface area (Å²) in [5, 5.41) is 0.484. The highest BCUT2D eigenvalue weighted by atomic mass is 19.1. The molecule has 6 heteroatoms. The van der Waals surface area contributed by atoms with E-state index in [0.717, 1.165) is 18.6 Å². The maximum atomic E-state index is 13.9. The first-order valence-electron chi connectivity index (χ1n) is 7.30. The second-order valence-corrected chi connectivity index (χ2v) is 6.74. The summed E-state index contributed by atoms with van der Waals surface area (Å²) in [4.78, 5) is 25.3. The quantitative estimate of drug-likeness (QED) is 0.395. The molecule has 1 aromatic rings. The maximum absolute atomic E-state index is 13.9.